The van der Waals surface area contributed by atoms with Crippen LogP contribution in [0.15, 0.2) is 12.1 Å². The molecule has 114 valence electrons. The zero-order valence-corrected chi connectivity index (χ0v) is 14.9. The number of methoxy groups -OCH3 is 2. The minimum absolute atomic E-state index is 0.374. The van der Waals surface area contributed by atoms with Gasteiger partial charge in [-0.3, -0.25) is 0 Å². The summed E-state index contributed by atoms with van der Waals surface area (Å²) in [6, 6.07) is 4.18. The third-order valence-electron chi connectivity index (χ3n) is 3.94. The summed E-state index contributed by atoms with van der Waals surface area (Å²) in [6.45, 7) is 6.65. The number of alkyl halides is 1. The van der Waals surface area contributed by atoms with Crippen molar-refractivity contribution in [2.45, 2.75) is 51.3 Å². The van der Waals surface area contributed by atoms with Crippen molar-refractivity contribution in [3.05, 3.63) is 23.3 Å². The van der Waals surface area contributed by atoms with Crippen LogP contribution in [0.5, 0.6) is 11.5 Å². The van der Waals surface area contributed by atoms with Crippen LogP contribution in [0.25, 0.3) is 0 Å². The Balaban J connectivity index is 3.04. The molecule has 0 aromatic heterocycles. The van der Waals surface area contributed by atoms with Crippen LogP contribution in [0.2, 0.25) is 0 Å². The molecule has 20 heavy (non-hydrogen) atoms. The molecule has 3 heteroatoms. The molecule has 0 radical (unpaired) electrons. The second-order valence-electron chi connectivity index (χ2n) is 5.28. The van der Waals surface area contributed by atoms with Crippen molar-refractivity contribution in [1.82, 2.24) is 0 Å². The normalized spacial score (nSPS) is 13.9. The molecule has 1 rings (SSSR count). The van der Waals surface area contributed by atoms with E-state index < -0.39 is 0 Å². The number of benzene rings is 1. The molecular weight excluding hydrogens is 316 g/mol. The molecule has 0 bridgehead atoms. The minimum atomic E-state index is 0.374. The van der Waals surface area contributed by atoms with E-state index in [1.54, 1.807) is 14.2 Å². The third-order valence-corrected chi connectivity index (χ3v) is 5.18. The first-order valence-corrected chi connectivity index (χ1v) is 8.37. The Morgan fingerprint density at radius 1 is 1.10 bits per heavy atom. The number of hydrogen-bond donors (Lipinski definition) is 0. The summed E-state index contributed by atoms with van der Waals surface area (Å²) in [6.07, 6.45) is 4.98. The van der Waals surface area contributed by atoms with Crippen molar-refractivity contribution >= 4 is 15.9 Å². The lowest BCUT2D eigenvalue weighted by molar-refractivity contribution is 0.353. The third kappa shape index (κ3) is 4.15. The van der Waals surface area contributed by atoms with Crippen LogP contribution < -0.4 is 9.47 Å². The van der Waals surface area contributed by atoms with Gasteiger partial charge in [0.2, 0.25) is 0 Å². The van der Waals surface area contributed by atoms with E-state index >= 15 is 0 Å². The van der Waals surface area contributed by atoms with Gasteiger partial charge in [0.15, 0.2) is 11.5 Å². The van der Waals surface area contributed by atoms with Gasteiger partial charge in [0.1, 0.15) is 0 Å². The Morgan fingerprint density at radius 3 is 2.20 bits per heavy atom. The topological polar surface area (TPSA) is 18.5 Å². The molecule has 1 aromatic carbocycles. The largest absolute Gasteiger partial charge is 0.493 e. The average molecular weight is 343 g/mol. The number of rotatable bonds is 8. The van der Waals surface area contributed by atoms with Crippen LogP contribution in [0.3, 0.4) is 0 Å². The molecular formula is C17H27BrO2. The summed E-state index contributed by atoms with van der Waals surface area (Å²) in [7, 11) is 3.37. The zero-order chi connectivity index (χ0) is 15.1. The molecule has 0 aliphatic carbocycles. The van der Waals surface area contributed by atoms with Gasteiger partial charge in [-0.15, -0.1) is 0 Å². The highest BCUT2D eigenvalue weighted by atomic mass is 79.9. The van der Waals surface area contributed by atoms with Gasteiger partial charge in [-0.25, -0.2) is 0 Å². The van der Waals surface area contributed by atoms with E-state index in [9.17, 15) is 0 Å². The van der Waals surface area contributed by atoms with Crippen LogP contribution in [-0.2, 0) is 0 Å². The van der Waals surface area contributed by atoms with E-state index in [1.807, 2.05) is 0 Å². The van der Waals surface area contributed by atoms with E-state index in [0.29, 0.717) is 10.7 Å². The van der Waals surface area contributed by atoms with E-state index in [2.05, 4.69) is 48.8 Å². The maximum atomic E-state index is 5.43. The smallest absolute Gasteiger partial charge is 0.161 e. The van der Waals surface area contributed by atoms with Crippen molar-refractivity contribution in [2.75, 3.05) is 14.2 Å². The molecule has 0 saturated heterocycles. The molecule has 2 nitrogen and oxygen atoms in total. The monoisotopic (exact) mass is 342 g/mol. The van der Waals surface area contributed by atoms with Crippen LogP contribution in [0.4, 0.5) is 0 Å². The van der Waals surface area contributed by atoms with Gasteiger partial charge in [-0.2, -0.15) is 0 Å². The molecule has 0 amide bonds. The Morgan fingerprint density at radius 2 is 1.70 bits per heavy atom. The number of halogens is 1. The Hall–Kier alpha value is -0.700. The van der Waals surface area contributed by atoms with Crippen molar-refractivity contribution < 1.29 is 9.47 Å². The molecule has 1 aromatic rings. The van der Waals surface area contributed by atoms with Crippen LogP contribution >= 0.6 is 15.9 Å². The summed E-state index contributed by atoms with van der Waals surface area (Å²) in [5, 5.41) is 0. The molecule has 0 aliphatic heterocycles. The number of hydrogen-bond acceptors (Lipinski definition) is 2. The highest BCUT2D eigenvalue weighted by Gasteiger charge is 2.22. The summed E-state index contributed by atoms with van der Waals surface area (Å²) >= 11 is 3.91. The zero-order valence-electron chi connectivity index (χ0n) is 13.3. The van der Waals surface area contributed by atoms with Gasteiger partial charge in [0.05, 0.1) is 14.2 Å². The summed E-state index contributed by atoms with van der Waals surface area (Å²) in [5.74, 6) is 2.27. The molecule has 0 fully saturated rings. The van der Waals surface area contributed by atoms with Gasteiger partial charge in [0.25, 0.3) is 0 Å². The molecule has 0 aliphatic rings. The fourth-order valence-electron chi connectivity index (χ4n) is 2.57. The first kappa shape index (κ1) is 17.4. The first-order chi connectivity index (χ1) is 9.58. The Labute approximate surface area is 132 Å². The summed E-state index contributed by atoms with van der Waals surface area (Å²) in [4.78, 5) is 0.374. The summed E-state index contributed by atoms with van der Waals surface area (Å²) in [5.41, 5.74) is 2.56. The molecule has 0 N–H and O–H groups in total. The van der Waals surface area contributed by atoms with Gasteiger partial charge in [-0.05, 0) is 42.5 Å². The van der Waals surface area contributed by atoms with Crippen molar-refractivity contribution in [2.24, 2.45) is 5.92 Å². The summed E-state index contributed by atoms with van der Waals surface area (Å²) < 4.78 is 10.8. The fraction of sp³-hybridized carbons (Fsp3) is 0.647. The van der Waals surface area contributed by atoms with Crippen molar-refractivity contribution in [1.29, 1.82) is 0 Å². The fourth-order valence-corrected chi connectivity index (χ4v) is 3.70. The highest BCUT2D eigenvalue weighted by molar-refractivity contribution is 9.09. The van der Waals surface area contributed by atoms with E-state index in [1.165, 1.54) is 36.8 Å². The average Bonchev–Trinajstić information content (AvgIpc) is 2.47. The van der Waals surface area contributed by atoms with Crippen molar-refractivity contribution in [3.63, 3.8) is 0 Å². The van der Waals surface area contributed by atoms with E-state index in [4.69, 9.17) is 9.47 Å². The van der Waals surface area contributed by atoms with Gasteiger partial charge < -0.3 is 9.47 Å². The molecule has 2 unspecified atom stereocenters. The van der Waals surface area contributed by atoms with E-state index in [-0.39, 0.29) is 0 Å². The van der Waals surface area contributed by atoms with Crippen LogP contribution in [0.1, 0.15) is 55.5 Å². The SMILES string of the molecule is CCCCC(CC)C(Br)c1cc(OC)c(OC)cc1C. The molecule has 2 atom stereocenters. The second kappa shape index (κ2) is 8.56. The predicted molar refractivity (Wildman–Crippen MR) is 89.3 cm³/mol. The minimum Gasteiger partial charge on any atom is -0.493 e. The van der Waals surface area contributed by atoms with Crippen LogP contribution in [-0.4, -0.2) is 14.2 Å². The molecule has 0 heterocycles. The Bertz CT molecular complexity index is 418. The van der Waals surface area contributed by atoms with Gasteiger partial charge >= 0.3 is 0 Å². The highest BCUT2D eigenvalue weighted by Crippen LogP contribution is 2.41. The lowest BCUT2D eigenvalue weighted by Gasteiger charge is -2.24. The standard InChI is InChI=1S/C17H27BrO2/c1-6-8-9-13(7-2)17(18)14-11-16(20-5)15(19-4)10-12(14)3/h10-11,13,17H,6-9H2,1-5H3. The molecule has 0 spiro atoms. The molecule has 0 saturated carbocycles. The van der Waals surface area contributed by atoms with Crippen molar-refractivity contribution in [3.8, 4) is 11.5 Å². The maximum absolute atomic E-state index is 5.43. The number of ether oxygens (including phenoxy) is 2. The number of aryl methyl sites for hydroxylation is 1. The second-order valence-corrected chi connectivity index (χ2v) is 6.26. The predicted octanol–water partition coefficient (Wildman–Crippen LogP) is 5.66. The number of unbranched alkanes of at least 4 members (excludes halogenated alkanes) is 1. The quantitative estimate of drug-likeness (QED) is 0.567. The van der Waals surface area contributed by atoms with Crippen LogP contribution in [0, 0.1) is 12.8 Å². The first-order valence-electron chi connectivity index (χ1n) is 7.45. The lowest BCUT2D eigenvalue weighted by atomic mass is 9.90. The maximum Gasteiger partial charge on any atom is 0.161 e. The van der Waals surface area contributed by atoms with Gasteiger partial charge in [-0.1, -0.05) is 49.0 Å². The van der Waals surface area contributed by atoms with Gasteiger partial charge in [0, 0.05) is 4.83 Å². The van der Waals surface area contributed by atoms with E-state index in [0.717, 1.165) is 11.5 Å². The Kier molecular flexibility index (Phi) is 7.42. The lowest BCUT2D eigenvalue weighted by Crippen LogP contribution is -2.09.